The van der Waals surface area contributed by atoms with Crippen molar-refractivity contribution in [1.29, 1.82) is 0 Å². The van der Waals surface area contributed by atoms with Gasteiger partial charge in [0.2, 0.25) is 0 Å². The van der Waals surface area contributed by atoms with E-state index in [9.17, 15) is 0 Å². The molecule has 1 aliphatic rings. The number of rotatable bonds is 5. The Bertz CT molecular complexity index is 422. The van der Waals surface area contributed by atoms with Crippen LogP contribution in [-0.2, 0) is 11.2 Å². The van der Waals surface area contributed by atoms with Gasteiger partial charge in [0.05, 0.1) is 12.7 Å². The molecular weight excluding hydrogens is 246 g/mol. The molecule has 1 aromatic rings. The highest BCUT2D eigenvalue weighted by Gasteiger charge is 2.21. The normalized spacial score (nSPS) is 20.5. The number of benzene rings is 1. The van der Waals surface area contributed by atoms with Crippen LogP contribution in [0.1, 0.15) is 57.8 Å². The number of fused-ring (bicyclic) bond motifs is 1. The van der Waals surface area contributed by atoms with Gasteiger partial charge >= 0.3 is 0 Å². The zero-order chi connectivity index (χ0) is 14.6. The largest absolute Gasteiger partial charge is 0.373 e. The lowest BCUT2D eigenvalue weighted by Crippen LogP contribution is -2.38. The van der Waals surface area contributed by atoms with E-state index in [1.54, 1.807) is 0 Å². The van der Waals surface area contributed by atoms with Gasteiger partial charge in [-0.25, -0.2) is 0 Å². The molecule has 112 valence electrons. The van der Waals surface area contributed by atoms with Crippen molar-refractivity contribution in [2.75, 3.05) is 13.2 Å². The van der Waals surface area contributed by atoms with E-state index in [1.807, 2.05) is 0 Å². The molecular formula is C18H29NO. The van der Waals surface area contributed by atoms with E-state index >= 15 is 0 Å². The third kappa shape index (κ3) is 4.60. The standard InChI is InChI=1S/C18H29NO/c1-14(13-19-18(2,3)4)9-10-17-16-8-6-5-7-15(16)11-12-20-17/h5-8,14,17,19H,9-13H2,1-4H3. The second-order valence-corrected chi connectivity index (χ2v) is 7.12. The second-order valence-electron chi connectivity index (χ2n) is 7.12. The fourth-order valence-electron chi connectivity index (χ4n) is 2.73. The lowest BCUT2D eigenvalue weighted by Gasteiger charge is -2.28. The van der Waals surface area contributed by atoms with Crippen LogP contribution in [0.5, 0.6) is 0 Å². The lowest BCUT2D eigenvalue weighted by atomic mass is 9.92. The van der Waals surface area contributed by atoms with Gasteiger partial charge in [0.15, 0.2) is 0 Å². The predicted molar refractivity (Wildman–Crippen MR) is 85.0 cm³/mol. The van der Waals surface area contributed by atoms with Gasteiger partial charge in [-0.15, -0.1) is 0 Å². The molecule has 0 aromatic heterocycles. The first-order chi connectivity index (χ1) is 9.46. The molecule has 1 heterocycles. The third-order valence-electron chi connectivity index (χ3n) is 3.99. The summed E-state index contributed by atoms with van der Waals surface area (Å²) < 4.78 is 5.98. The van der Waals surface area contributed by atoms with Crippen LogP contribution >= 0.6 is 0 Å². The summed E-state index contributed by atoms with van der Waals surface area (Å²) in [7, 11) is 0. The Morgan fingerprint density at radius 2 is 2.05 bits per heavy atom. The Kier molecular flexibility index (Phi) is 5.22. The molecule has 0 bridgehead atoms. The minimum absolute atomic E-state index is 0.211. The maximum atomic E-state index is 5.98. The number of hydrogen-bond acceptors (Lipinski definition) is 2. The minimum atomic E-state index is 0.211. The fourth-order valence-corrected chi connectivity index (χ4v) is 2.73. The summed E-state index contributed by atoms with van der Waals surface area (Å²) in [6.45, 7) is 10.9. The highest BCUT2D eigenvalue weighted by molar-refractivity contribution is 5.30. The van der Waals surface area contributed by atoms with Crippen LogP contribution in [-0.4, -0.2) is 18.7 Å². The smallest absolute Gasteiger partial charge is 0.0827 e. The van der Waals surface area contributed by atoms with E-state index in [-0.39, 0.29) is 5.54 Å². The molecule has 2 rings (SSSR count). The third-order valence-corrected chi connectivity index (χ3v) is 3.99. The van der Waals surface area contributed by atoms with Crippen molar-refractivity contribution >= 4 is 0 Å². The first-order valence-corrected chi connectivity index (χ1v) is 7.90. The van der Waals surface area contributed by atoms with Gasteiger partial charge < -0.3 is 10.1 Å². The van der Waals surface area contributed by atoms with Crippen molar-refractivity contribution in [3.63, 3.8) is 0 Å². The average molecular weight is 275 g/mol. The van der Waals surface area contributed by atoms with Gasteiger partial charge in [-0.2, -0.15) is 0 Å². The number of hydrogen-bond donors (Lipinski definition) is 1. The van der Waals surface area contributed by atoms with Crippen LogP contribution < -0.4 is 5.32 Å². The van der Waals surface area contributed by atoms with Crippen molar-refractivity contribution in [2.24, 2.45) is 5.92 Å². The van der Waals surface area contributed by atoms with E-state index in [0.29, 0.717) is 12.0 Å². The van der Waals surface area contributed by atoms with Crippen LogP contribution in [0.25, 0.3) is 0 Å². The number of nitrogens with one attached hydrogen (secondary N) is 1. The van der Waals surface area contributed by atoms with Crippen molar-refractivity contribution < 1.29 is 4.74 Å². The zero-order valence-corrected chi connectivity index (χ0v) is 13.4. The van der Waals surface area contributed by atoms with E-state index in [2.05, 4.69) is 57.3 Å². The SMILES string of the molecule is CC(CCC1OCCc2ccccc21)CNC(C)(C)C. The average Bonchev–Trinajstić information content (AvgIpc) is 2.42. The maximum absolute atomic E-state index is 5.98. The molecule has 0 spiro atoms. The summed E-state index contributed by atoms with van der Waals surface area (Å²) in [5, 5.41) is 3.59. The van der Waals surface area contributed by atoms with Crippen LogP contribution in [0.4, 0.5) is 0 Å². The summed E-state index contributed by atoms with van der Waals surface area (Å²) >= 11 is 0. The number of ether oxygens (including phenoxy) is 1. The van der Waals surface area contributed by atoms with Gasteiger partial charge in [-0.05, 0) is 63.6 Å². The molecule has 2 unspecified atom stereocenters. The first-order valence-electron chi connectivity index (χ1n) is 7.90. The molecule has 0 fully saturated rings. The molecule has 1 N–H and O–H groups in total. The maximum Gasteiger partial charge on any atom is 0.0827 e. The van der Waals surface area contributed by atoms with E-state index < -0.39 is 0 Å². The molecule has 0 aliphatic carbocycles. The zero-order valence-electron chi connectivity index (χ0n) is 13.4. The Hall–Kier alpha value is -0.860. The van der Waals surface area contributed by atoms with Crippen molar-refractivity contribution in [1.82, 2.24) is 5.32 Å². The molecule has 0 radical (unpaired) electrons. The minimum Gasteiger partial charge on any atom is -0.373 e. The molecule has 1 aromatic carbocycles. The van der Waals surface area contributed by atoms with Crippen molar-refractivity contribution in [2.45, 2.75) is 58.6 Å². The van der Waals surface area contributed by atoms with Gasteiger partial charge in [0.1, 0.15) is 0 Å². The van der Waals surface area contributed by atoms with Gasteiger partial charge in [-0.3, -0.25) is 0 Å². The lowest BCUT2D eigenvalue weighted by molar-refractivity contribution is 0.0325. The molecule has 0 saturated carbocycles. The molecule has 0 saturated heterocycles. The Labute approximate surface area is 123 Å². The molecule has 2 nitrogen and oxygen atoms in total. The Balaban J connectivity index is 1.83. The quantitative estimate of drug-likeness (QED) is 0.873. The Morgan fingerprint density at radius 3 is 2.80 bits per heavy atom. The second kappa shape index (κ2) is 6.73. The summed E-state index contributed by atoms with van der Waals surface area (Å²) in [6, 6.07) is 8.74. The summed E-state index contributed by atoms with van der Waals surface area (Å²) in [6.07, 6.45) is 3.71. The van der Waals surface area contributed by atoms with Crippen molar-refractivity contribution in [3.8, 4) is 0 Å². The summed E-state index contributed by atoms with van der Waals surface area (Å²) in [5.41, 5.74) is 3.10. The van der Waals surface area contributed by atoms with Crippen LogP contribution in [0.3, 0.4) is 0 Å². The van der Waals surface area contributed by atoms with Crippen LogP contribution in [0, 0.1) is 5.92 Å². The highest BCUT2D eigenvalue weighted by atomic mass is 16.5. The molecule has 2 atom stereocenters. The molecule has 20 heavy (non-hydrogen) atoms. The predicted octanol–water partition coefficient (Wildman–Crippen LogP) is 4.10. The highest BCUT2D eigenvalue weighted by Crippen LogP contribution is 2.31. The molecule has 2 heteroatoms. The topological polar surface area (TPSA) is 21.3 Å². The molecule has 1 aliphatic heterocycles. The summed E-state index contributed by atoms with van der Waals surface area (Å²) in [5.74, 6) is 0.687. The summed E-state index contributed by atoms with van der Waals surface area (Å²) in [4.78, 5) is 0. The molecule has 0 amide bonds. The Morgan fingerprint density at radius 1 is 1.30 bits per heavy atom. The van der Waals surface area contributed by atoms with Gasteiger partial charge in [0, 0.05) is 5.54 Å². The van der Waals surface area contributed by atoms with Crippen LogP contribution in [0.2, 0.25) is 0 Å². The van der Waals surface area contributed by atoms with E-state index in [0.717, 1.165) is 26.0 Å². The fraction of sp³-hybridized carbons (Fsp3) is 0.667. The first kappa shape index (κ1) is 15.5. The van der Waals surface area contributed by atoms with Crippen LogP contribution in [0.15, 0.2) is 24.3 Å². The monoisotopic (exact) mass is 275 g/mol. The van der Waals surface area contributed by atoms with E-state index in [4.69, 9.17) is 4.74 Å². The van der Waals surface area contributed by atoms with Crippen molar-refractivity contribution in [3.05, 3.63) is 35.4 Å². The van der Waals surface area contributed by atoms with E-state index in [1.165, 1.54) is 17.5 Å². The van der Waals surface area contributed by atoms with Gasteiger partial charge in [-0.1, -0.05) is 31.2 Å². The van der Waals surface area contributed by atoms with Gasteiger partial charge in [0.25, 0.3) is 0 Å².